The normalized spacial score (nSPS) is 11.6. The Morgan fingerprint density at radius 2 is 1.85 bits per heavy atom. The lowest BCUT2D eigenvalue weighted by atomic mass is 10.2. The zero-order chi connectivity index (χ0) is 24.3. The van der Waals surface area contributed by atoms with Crippen LogP contribution < -0.4 is 5.32 Å². The topological polar surface area (TPSA) is 97.2 Å². The molecule has 4 rings (SSSR count). The number of rotatable bonds is 8. The van der Waals surface area contributed by atoms with Gasteiger partial charge in [-0.15, -0.1) is 21.5 Å². The highest BCUT2D eigenvalue weighted by Crippen LogP contribution is 2.30. The number of hydrogen-bond acceptors (Lipinski definition) is 7. The molecule has 0 spiro atoms. The second kappa shape index (κ2) is 10.1. The molecule has 0 aliphatic rings. The van der Waals surface area contributed by atoms with Gasteiger partial charge >= 0.3 is 0 Å². The Balaban J connectivity index is 1.55. The van der Waals surface area contributed by atoms with Gasteiger partial charge in [0.25, 0.3) is 0 Å². The Hall–Kier alpha value is -2.99. The van der Waals surface area contributed by atoms with Crippen molar-refractivity contribution in [1.82, 2.24) is 19.1 Å². The van der Waals surface area contributed by atoms with E-state index in [-0.39, 0.29) is 16.6 Å². The first-order valence-electron chi connectivity index (χ1n) is 10.3. The van der Waals surface area contributed by atoms with Crippen LogP contribution in [0.1, 0.15) is 5.56 Å². The van der Waals surface area contributed by atoms with E-state index in [0.29, 0.717) is 16.7 Å². The van der Waals surface area contributed by atoms with Gasteiger partial charge in [0, 0.05) is 25.5 Å². The summed E-state index contributed by atoms with van der Waals surface area (Å²) in [7, 11) is -0.667. The van der Waals surface area contributed by atoms with Gasteiger partial charge in [0.15, 0.2) is 11.0 Å². The number of anilines is 1. The van der Waals surface area contributed by atoms with Crippen LogP contribution in [-0.2, 0) is 14.8 Å². The number of nitrogens with zero attached hydrogens (tertiary/aromatic N) is 4. The number of thioether (sulfide) groups is 1. The summed E-state index contributed by atoms with van der Waals surface area (Å²) in [4.78, 5) is 13.9. The lowest BCUT2D eigenvalue weighted by Gasteiger charge is -2.14. The van der Waals surface area contributed by atoms with Crippen LogP contribution >= 0.6 is 23.1 Å². The maximum atomic E-state index is 12.8. The first-order valence-corrected chi connectivity index (χ1v) is 13.6. The molecule has 1 N–H and O–H groups in total. The first kappa shape index (κ1) is 24.1. The summed E-state index contributed by atoms with van der Waals surface area (Å²) in [5.41, 5.74) is 2.12. The van der Waals surface area contributed by atoms with Crippen molar-refractivity contribution in [1.29, 1.82) is 0 Å². The standard InChI is InChI=1S/C23H23N5O3S3/c1-16-11-12-18(34(30,31)27(2)3)14-19(16)24-21(29)15-33-23-26-25-22(20-10-7-13-32-20)28(23)17-8-5-4-6-9-17/h4-14H,15H2,1-3H3,(H,24,29). The minimum Gasteiger partial charge on any atom is -0.325 e. The number of carbonyl (C=O) groups is 1. The van der Waals surface area contributed by atoms with Crippen molar-refractivity contribution in [3.63, 3.8) is 0 Å². The second-order valence-electron chi connectivity index (χ2n) is 7.56. The zero-order valence-corrected chi connectivity index (χ0v) is 21.2. The molecule has 176 valence electrons. The molecule has 0 bridgehead atoms. The van der Waals surface area contributed by atoms with Crippen molar-refractivity contribution in [2.45, 2.75) is 17.0 Å². The fourth-order valence-corrected chi connectivity index (χ4v) is 5.54. The first-order chi connectivity index (χ1) is 16.3. The van der Waals surface area contributed by atoms with E-state index in [1.807, 2.05) is 59.3 Å². The summed E-state index contributed by atoms with van der Waals surface area (Å²) >= 11 is 2.83. The maximum absolute atomic E-state index is 12.8. The summed E-state index contributed by atoms with van der Waals surface area (Å²) < 4.78 is 28.0. The lowest BCUT2D eigenvalue weighted by molar-refractivity contribution is -0.113. The molecule has 0 atom stereocenters. The van der Waals surface area contributed by atoms with Gasteiger partial charge in [0.1, 0.15) is 0 Å². The molecule has 0 radical (unpaired) electrons. The predicted molar refractivity (Wildman–Crippen MR) is 136 cm³/mol. The number of benzene rings is 2. The van der Waals surface area contributed by atoms with Gasteiger partial charge in [-0.25, -0.2) is 12.7 Å². The molecule has 2 aromatic carbocycles. The highest BCUT2D eigenvalue weighted by atomic mass is 32.2. The number of carbonyl (C=O) groups excluding carboxylic acids is 1. The van der Waals surface area contributed by atoms with Gasteiger partial charge in [-0.05, 0) is 48.2 Å². The van der Waals surface area contributed by atoms with Crippen molar-refractivity contribution in [2.75, 3.05) is 25.2 Å². The maximum Gasteiger partial charge on any atom is 0.242 e. The van der Waals surface area contributed by atoms with E-state index >= 15 is 0 Å². The molecule has 2 aromatic heterocycles. The average Bonchev–Trinajstić information content (AvgIpc) is 3.49. The van der Waals surface area contributed by atoms with E-state index in [1.165, 1.54) is 38.0 Å². The molecular formula is C23H23N5O3S3. The highest BCUT2D eigenvalue weighted by Gasteiger charge is 2.20. The second-order valence-corrected chi connectivity index (χ2v) is 11.6. The van der Waals surface area contributed by atoms with Gasteiger partial charge in [-0.1, -0.05) is 42.1 Å². The van der Waals surface area contributed by atoms with Crippen LogP contribution in [0, 0.1) is 6.92 Å². The van der Waals surface area contributed by atoms with Crippen LogP contribution in [0.3, 0.4) is 0 Å². The number of para-hydroxylation sites is 1. The molecule has 0 aliphatic heterocycles. The largest absolute Gasteiger partial charge is 0.325 e. The van der Waals surface area contributed by atoms with Crippen LogP contribution in [0.15, 0.2) is 76.1 Å². The van der Waals surface area contributed by atoms with Gasteiger partial charge in [-0.2, -0.15) is 0 Å². The molecule has 4 aromatic rings. The summed E-state index contributed by atoms with van der Waals surface area (Å²) in [5, 5.41) is 14.1. The molecule has 8 nitrogen and oxygen atoms in total. The number of thiophene rings is 1. The Labute approximate surface area is 206 Å². The fraction of sp³-hybridized carbons (Fsp3) is 0.174. The molecule has 34 heavy (non-hydrogen) atoms. The molecule has 2 heterocycles. The molecule has 11 heteroatoms. The summed E-state index contributed by atoms with van der Waals surface area (Å²) in [5.74, 6) is 0.522. The van der Waals surface area contributed by atoms with Gasteiger partial charge in [0.2, 0.25) is 15.9 Å². The van der Waals surface area contributed by atoms with Crippen LogP contribution in [-0.4, -0.2) is 53.2 Å². The molecule has 0 unspecified atom stereocenters. The highest BCUT2D eigenvalue weighted by molar-refractivity contribution is 7.99. The SMILES string of the molecule is Cc1ccc(S(=O)(=O)N(C)C)cc1NC(=O)CSc1nnc(-c2cccs2)n1-c1ccccc1. The number of amides is 1. The predicted octanol–water partition coefficient (Wildman–Crippen LogP) is 4.29. The van der Waals surface area contributed by atoms with Crippen molar-refractivity contribution >= 4 is 44.7 Å². The molecular weight excluding hydrogens is 490 g/mol. The fourth-order valence-electron chi connectivity index (χ4n) is 3.16. The number of aromatic nitrogens is 3. The summed E-state index contributed by atoms with van der Waals surface area (Å²) in [6.45, 7) is 1.81. The van der Waals surface area contributed by atoms with E-state index in [4.69, 9.17) is 0 Å². The Bertz CT molecular complexity index is 1400. The van der Waals surface area contributed by atoms with E-state index in [1.54, 1.807) is 17.4 Å². The van der Waals surface area contributed by atoms with Gasteiger partial charge in [0.05, 0.1) is 15.5 Å². The third kappa shape index (κ3) is 5.07. The van der Waals surface area contributed by atoms with E-state index in [9.17, 15) is 13.2 Å². The van der Waals surface area contributed by atoms with Crippen molar-refractivity contribution < 1.29 is 13.2 Å². The molecule has 0 saturated heterocycles. The molecule has 0 aliphatic carbocycles. The number of nitrogens with one attached hydrogen (secondary N) is 1. The minimum absolute atomic E-state index is 0.0828. The quantitative estimate of drug-likeness (QED) is 0.353. The van der Waals surface area contributed by atoms with Crippen LogP contribution in [0.25, 0.3) is 16.4 Å². The van der Waals surface area contributed by atoms with Crippen molar-refractivity contribution in [2.24, 2.45) is 0 Å². The van der Waals surface area contributed by atoms with E-state index in [2.05, 4.69) is 15.5 Å². The monoisotopic (exact) mass is 513 g/mol. The molecule has 0 saturated carbocycles. The van der Waals surface area contributed by atoms with Gasteiger partial charge < -0.3 is 5.32 Å². The molecule has 1 amide bonds. The van der Waals surface area contributed by atoms with Gasteiger partial charge in [-0.3, -0.25) is 9.36 Å². The third-order valence-electron chi connectivity index (χ3n) is 4.98. The zero-order valence-electron chi connectivity index (χ0n) is 18.8. The smallest absolute Gasteiger partial charge is 0.242 e. The minimum atomic E-state index is -3.61. The summed E-state index contributed by atoms with van der Waals surface area (Å²) in [6, 6.07) is 18.4. The van der Waals surface area contributed by atoms with Crippen LogP contribution in [0.4, 0.5) is 5.69 Å². The van der Waals surface area contributed by atoms with Crippen LogP contribution in [0.5, 0.6) is 0 Å². The number of hydrogen-bond donors (Lipinski definition) is 1. The van der Waals surface area contributed by atoms with Crippen molar-refractivity contribution in [3.8, 4) is 16.4 Å². The number of sulfonamides is 1. The molecule has 0 fully saturated rings. The van der Waals surface area contributed by atoms with Crippen molar-refractivity contribution in [3.05, 3.63) is 71.6 Å². The number of aryl methyl sites for hydroxylation is 1. The Kier molecular flexibility index (Phi) is 7.17. The lowest BCUT2D eigenvalue weighted by Crippen LogP contribution is -2.22. The third-order valence-corrected chi connectivity index (χ3v) is 8.59. The Morgan fingerprint density at radius 3 is 2.53 bits per heavy atom. The van der Waals surface area contributed by atoms with E-state index in [0.717, 1.165) is 20.4 Å². The summed E-state index contributed by atoms with van der Waals surface area (Å²) in [6.07, 6.45) is 0. The van der Waals surface area contributed by atoms with E-state index < -0.39 is 10.0 Å². The van der Waals surface area contributed by atoms with Crippen LogP contribution in [0.2, 0.25) is 0 Å². The average molecular weight is 514 g/mol. The Morgan fingerprint density at radius 1 is 1.09 bits per heavy atom.